The van der Waals surface area contributed by atoms with Gasteiger partial charge in [-0.1, -0.05) is 23.7 Å². The predicted octanol–water partition coefficient (Wildman–Crippen LogP) is 6.62. The Morgan fingerprint density at radius 2 is 1.76 bits per heavy atom. The van der Waals surface area contributed by atoms with Gasteiger partial charge in [-0.05, 0) is 76.8 Å². The maximum Gasteiger partial charge on any atom is 0.161 e. The van der Waals surface area contributed by atoms with Gasteiger partial charge < -0.3 is 13.9 Å². The van der Waals surface area contributed by atoms with Crippen molar-refractivity contribution in [2.45, 2.75) is 20.5 Å². The lowest BCUT2D eigenvalue weighted by atomic mass is 10.1. The number of methoxy groups -OCH3 is 1. The number of benzene rings is 2. The van der Waals surface area contributed by atoms with Crippen LogP contribution in [0.25, 0.3) is 16.9 Å². The Morgan fingerprint density at radius 3 is 2.48 bits per heavy atom. The van der Waals surface area contributed by atoms with E-state index in [1.165, 1.54) is 5.56 Å². The number of pyridine rings is 1. The molecule has 4 rings (SSSR count). The van der Waals surface area contributed by atoms with Crippen molar-refractivity contribution in [1.82, 2.24) is 9.38 Å². The van der Waals surface area contributed by atoms with Gasteiger partial charge in [0.05, 0.1) is 12.8 Å². The molecule has 0 spiro atoms. The van der Waals surface area contributed by atoms with E-state index in [-0.39, 0.29) is 0 Å². The van der Waals surface area contributed by atoms with E-state index in [0.717, 1.165) is 32.5 Å². The van der Waals surface area contributed by atoms with Crippen molar-refractivity contribution in [1.29, 1.82) is 0 Å². The summed E-state index contributed by atoms with van der Waals surface area (Å²) in [5, 5.41) is 0.709. The Hall–Kier alpha value is -2.50. The van der Waals surface area contributed by atoms with Crippen LogP contribution in [0.5, 0.6) is 11.5 Å². The number of halogens is 2. The van der Waals surface area contributed by atoms with E-state index in [2.05, 4.69) is 29.8 Å². The molecule has 2 aromatic carbocycles. The molecular formula is C23H20BrClN2O2. The van der Waals surface area contributed by atoms with Crippen LogP contribution in [0.2, 0.25) is 5.02 Å². The van der Waals surface area contributed by atoms with Crippen molar-refractivity contribution in [2.24, 2.45) is 0 Å². The number of aryl methyl sites for hydroxylation is 1. The summed E-state index contributed by atoms with van der Waals surface area (Å²) in [6, 6.07) is 13.5. The zero-order valence-corrected chi connectivity index (χ0v) is 18.7. The predicted molar refractivity (Wildman–Crippen MR) is 120 cm³/mol. The molecule has 0 saturated heterocycles. The lowest BCUT2D eigenvalue weighted by Crippen LogP contribution is -1.98. The van der Waals surface area contributed by atoms with Crippen molar-refractivity contribution in [3.05, 3.63) is 81.0 Å². The van der Waals surface area contributed by atoms with Gasteiger partial charge in [0.2, 0.25) is 0 Å². The zero-order chi connectivity index (χ0) is 20.5. The number of ether oxygens (including phenoxy) is 2. The molecule has 0 fully saturated rings. The quantitative estimate of drug-likeness (QED) is 0.328. The first-order valence-electron chi connectivity index (χ1n) is 9.16. The molecule has 6 heteroatoms. The Kier molecular flexibility index (Phi) is 5.52. The molecule has 0 radical (unpaired) electrons. The molecule has 29 heavy (non-hydrogen) atoms. The van der Waals surface area contributed by atoms with Crippen LogP contribution >= 0.6 is 27.5 Å². The van der Waals surface area contributed by atoms with Crippen LogP contribution in [0.15, 0.2) is 59.3 Å². The van der Waals surface area contributed by atoms with E-state index in [9.17, 15) is 0 Å². The van der Waals surface area contributed by atoms with Crippen LogP contribution in [0.4, 0.5) is 0 Å². The topological polar surface area (TPSA) is 35.8 Å². The minimum Gasteiger partial charge on any atom is -0.493 e. The summed E-state index contributed by atoms with van der Waals surface area (Å²) >= 11 is 9.55. The average molecular weight is 472 g/mol. The molecule has 0 saturated carbocycles. The second-order valence-corrected chi connectivity index (χ2v) is 8.16. The highest BCUT2D eigenvalue weighted by atomic mass is 79.9. The van der Waals surface area contributed by atoms with Gasteiger partial charge in [0, 0.05) is 27.5 Å². The molecule has 2 aromatic heterocycles. The van der Waals surface area contributed by atoms with Crippen LogP contribution in [0.3, 0.4) is 0 Å². The van der Waals surface area contributed by atoms with Gasteiger partial charge in [0.1, 0.15) is 12.3 Å². The maximum atomic E-state index is 5.95. The lowest BCUT2D eigenvalue weighted by Gasteiger charge is -2.12. The molecule has 4 nitrogen and oxygen atoms in total. The van der Waals surface area contributed by atoms with Crippen molar-refractivity contribution >= 4 is 33.2 Å². The SMILES string of the molecule is COc1cc(-c2cn3cc(Br)c(C)c(C)c3n2)ccc1OCc1ccc(Cl)cc1. The summed E-state index contributed by atoms with van der Waals surface area (Å²) in [6.07, 6.45) is 4.06. The van der Waals surface area contributed by atoms with Gasteiger partial charge in [-0.15, -0.1) is 0 Å². The first-order valence-corrected chi connectivity index (χ1v) is 10.3. The van der Waals surface area contributed by atoms with Crippen molar-refractivity contribution < 1.29 is 9.47 Å². The summed E-state index contributed by atoms with van der Waals surface area (Å²) in [4.78, 5) is 4.82. The van der Waals surface area contributed by atoms with E-state index in [0.29, 0.717) is 23.1 Å². The third-order valence-corrected chi connectivity index (χ3v) is 6.06. The number of nitrogens with zero attached hydrogens (tertiary/aromatic N) is 2. The number of imidazole rings is 1. The highest BCUT2D eigenvalue weighted by molar-refractivity contribution is 9.10. The molecule has 2 heterocycles. The normalized spacial score (nSPS) is 11.1. The van der Waals surface area contributed by atoms with E-state index in [1.54, 1.807) is 7.11 Å². The fourth-order valence-electron chi connectivity index (χ4n) is 3.16. The largest absolute Gasteiger partial charge is 0.493 e. The summed E-state index contributed by atoms with van der Waals surface area (Å²) in [5.41, 5.74) is 6.18. The van der Waals surface area contributed by atoms with Crippen LogP contribution in [0, 0.1) is 13.8 Å². The average Bonchev–Trinajstić information content (AvgIpc) is 3.15. The number of hydrogen-bond acceptors (Lipinski definition) is 3. The standard InChI is InChI=1S/C23H20BrClN2O2/c1-14-15(2)23-26-20(12-27(23)11-19(14)24)17-6-9-21(22(10-17)28-3)29-13-16-4-7-18(25)8-5-16/h4-12H,13H2,1-3H3. The Morgan fingerprint density at radius 1 is 1.00 bits per heavy atom. The Labute approximate surface area is 183 Å². The van der Waals surface area contributed by atoms with Crippen molar-refractivity contribution in [3.63, 3.8) is 0 Å². The van der Waals surface area contributed by atoms with E-state index < -0.39 is 0 Å². The van der Waals surface area contributed by atoms with Gasteiger partial charge >= 0.3 is 0 Å². The van der Waals surface area contributed by atoms with Crippen molar-refractivity contribution in [2.75, 3.05) is 7.11 Å². The molecule has 0 unspecified atom stereocenters. The molecule has 4 aromatic rings. The second kappa shape index (κ2) is 8.09. The van der Waals surface area contributed by atoms with Gasteiger partial charge in [-0.25, -0.2) is 4.98 Å². The third-order valence-electron chi connectivity index (χ3n) is 5.01. The summed E-state index contributed by atoms with van der Waals surface area (Å²) in [5.74, 6) is 1.35. The highest BCUT2D eigenvalue weighted by Gasteiger charge is 2.13. The van der Waals surface area contributed by atoms with E-state index in [4.69, 9.17) is 26.1 Å². The molecular weight excluding hydrogens is 452 g/mol. The highest BCUT2D eigenvalue weighted by Crippen LogP contribution is 2.34. The monoisotopic (exact) mass is 470 g/mol. The Bertz CT molecular complexity index is 1190. The minimum atomic E-state index is 0.438. The number of fused-ring (bicyclic) bond motifs is 1. The molecule has 0 aliphatic carbocycles. The van der Waals surface area contributed by atoms with E-state index >= 15 is 0 Å². The summed E-state index contributed by atoms with van der Waals surface area (Å²) in [7, 11) is 1.64. The summed E-state index contributed by atoms with van der Waals surface area (Å²) in [6.45, 7) is 4.61. The number of rotatable bonds is 5. The Balaban J connectivity index is 1.63. The van der Waals surface area contributed by atoms with Crippen LogP contribution in [-0.2, 0) is 6.61 Å². The molecule has 0 aliphatic rings. The van der Waals surface area contributed by atoms with Gasteiger partial charge in [-0.2, -0.15) is 0 Å². The smallest absolute Gasteiger partial charge is 0.161 e. The zero-order valence-electron chi connectivity index (χ0n) is 16.4. The van der Waals surface area contributed by atoms with Crippen molar-refractivity contribution in [3.8, 4) is 22.8 Å². The maximum absolute atomic E-state index is 5.95. The fourth-order valence-corrected chi connectivity index (χ4v) is 3.81. The van der Waals surface area contributed by atoms with Crippen LogP contribution in [-0.4, -0.2) is 16.5 Å². The first-order chi connectivity index (χ1) is 14.0. The molecule has 0 aliphatic heterocycles. The van der Waals surface area contributed by atoms with Gasteiger partial charge in [0.15, 0.2) is 11.5 Å². The second-order valence-electron chi connectivity index (χ2n) is 6.86. The number of aromatic nitrogens is 2. The molecule has 0 bridgehead atoms. The molecule has 0 atom stereocenters. The molecule has 0 N–H and O–H groups in total. The summed E-state index contributed by atoms with van der Waals surface area (Å²) < 4.78 is 14.6. The third kappa shape index (κ3) is 3.98. The first kappa shape index (κ1) is 19.8. The van der Waals surface area contributed by atoms with Crippen LogP contribution < -0.4 is 9.47 Å². The fraction of sp³-hybridized carbons (Fsp3) is 0.174. The number of hydrogen-bond donors (Lipinski definition) is 0. The van der Waals surface area contributed by atoms with Gasteiger partial charge in [-0.3, -0.25) is 0 Å². The lowest BCUT2D eigenvalue weighted by molar-refractivity contribution is 0.284. The molecule has 0 amide bonds. The van der Waals surface area contributed by atoms with E-state index in [1.807, 2.05) is 59.3 Å². The minimum absolute atomic E-state index is 0.438. The van der Waals surface area contributed by atoms with Gasteiger partial charge in [0.25, 0.3) is 0 Å². The molecule has 148 valence electrons. The van der Waals surface area contributed by atoms with Crippen LogP contribution in [0.1, 0.15) is 16.7 Å².